The largest absolute Gasteiger partial charge is 0.380 e. The lowest BCUT2D eigenvalue weighted by Crippen LogP contribution is -2.47. The van der Waals surface area contributed by atoms with Crippen LogP contribution in [0.3, 0.4) is 0 Å². The van der Waals surface area contributed by atoms with Crippen LogP contribution < -0.4 is 0 Å². The zero-order chi connectivity index (χ0) is 24.6. The van der Waals surface area contributed by atoms with Gasteiger partial charge in [-0.15, -0.1) is 0 Å². The summed E-state index contributed by atoms with van der Waals surface area (Å²) in [6.07, 6.45) is 10.9. The molecule has 0 N–H and O–H groups in total. The minimum atomic E-state index is -0.927. The summed E-state index contributed by atoms with van der Waals surface area (Å²) in [5.74, 6) is -0.701. The zero-order valence-corrected chi connectivity index (χ0v) is 23.0. The van der Waals surface area contributed by atoms with Gasteiger partial charge in [0, 0.05) is 52.0 Å². The maximum absolute atomic E-state index is 6.19. The number of rotatable bonds is 26. The second-order valence-electron chi connectivity index (χ2n) is 8.53. The molecule has 1 unspecified atom stereocenters. The van der Waals surface area contributed by atoms with Crippen molar-refractivity contribution < 1.29 is 23.7 Å². The van der Waals surface area contributed by atoms with E-state index in [1.165, 1.54) is 38.5 Å². The number of unbranched alkanes of at least 4 members (excludes halogenated alkanes) is 5. The maximum Gasteiger partial charge on any atom is 0.285 e. The Morgan fingerprint density at radius 3 is 1.52 bits per heavy atom. The second kappa shape index (κ2) is 23.5. The summed E-state index contributed by atoms with van der Waals surface area (Å²) in [6, 6.07) is 0. The van der Waals surface area contributed by atoms with Crippen molar-refractivity contribution in [2.45, 2.75) is 105 Å². The highest BCUT2D eigenvalue weighted by Gasteiger charge is 2.41. The van der Waals surface area contributed by atoms with Gasteiger partial charge in [0.15, 0.2) is 0 Å². The van der Waals surface area contributed by atoms with Gasteiger partial charge in [-0.1, -0.05) is 45.4 Å². The average Bonchev–Trinajstić information content (AvgIpc) is 2.80. The van der Waals surface area contributed by atoms with Crippen LogP contribution in [0.15, 0.2) is 0 Å². The molecule has 1 atom stereocenters. The third kappa shape index (κ3) is 16.1. The predicted molar refractivity (Wildman–Crippen MR) is 138 cm³/mol. The van der Waals surface area contributed by atoms with Gasteiger partial charge >= 0.3 is 0 Å². The molecule has 200 valence electrons. The first-order valence-corrected chi connectivity index (χ1v) is 13.9. The van der Waals surface area contributed by atoms with Gasteiger partial charge in [0.05, 0.1) is 13.2 Å². The zero-order valence-electron chi connectivity index (χ0n) is 23.0. The van der Waals surface area contributed by atoms with Crippen LogP contribution in [-0.2, 0) is 23.7 Å². The van der Waals surface area contributed by atoms with Gasteiger partial charge in [-0.2, -0.15) is 0 Å². The van der Waals surface area contributed by atoms with Crippen LogP contribution in [0.5, 0.6) is 0 Å². The molecule has 0 aliphatic carbocycles. The molecular formula is C27H57NO5. The third-order valence-electron chi connectivity index (χ3n) is 5.98. The molecule has 0 aliphatic rings. The lowest BCUT2D eigenvalue weighted by molar-refractivity contribution is -0.403. The lowest BCUT2D eigenvalue weighted by atomic mass is 9.92. The molecule has 0 aliphatic heterocycles. The van der Waals surface area contributed by atoms with E-state index in [2.05, 4.69) is 11.8 Å². The van der Waals surface area contributed by atoms with E-state index in [0.717, 1.165) is 65.3 Å². The minimum Gasteiger partial charge on any atom is -0.380 e. The normalized spacial score (nSPS) is 13.2. The Morgan fingerprint density at radius 2 is 1.03 bits per heavy atom. The number of hydrogen-bond donors (Lipinski definition) is 0. The highest BCUT2D eigenvalue weighted by atomic mass is 16.9. The molecule has 0 fully saturated rings. The van der Waals surface area contributed by atoms with Crippen LogP contribution in [0.2, 0.25) is 0 Å². The average molecular weight is 476 g/mol. The van der Waals surface area contributed by atoms with Crippen molar-refractivity contribution in [1.82, 2.24) is 4.90 Å². The Balaban J connectivity index is 5.06. The van der Waals surface area contributed by atoms with Crippen LogP contribution in [0.1, 0.15) is 99.3 Å². The first-order valence-electron chi connectivity index (χ1n) is 13.9. The minimum absolute atomic E-state index is 0.226. The third-order valence-corrected chi connectivity index (χ3v) is 5.98. The first kappa shape index (κ1) is 32.8. The molecule has 0 aromatic rings. The van der Waals surface area contributed by atoms with Crippen molar-refractivity contribution in [3.63, 3.8) is 0 Å². The molecule has 0 rings (SSSR count). The Bertz CT molecular complexity index is 370. The summed E-state index contributed by atoms with van der Waals surface area (Å²) in [4.78, 5) is 2.46. The molecule has 0 saturated carbocycles. The van der Waals surface area contributed by atoms with Gasteiger partial charge in [-0.3, -0.25) is 4.90 Å². The highest BCUT2D eigenvalue weighted by Crippen LogP contribution is 2.34. The summed E-state index contributed by atoms with van der Waals surface area (Å²) in [5, 5.41) is 0. The van der Waals surface area contributed by atoms with Gasteiger partial charge in [0.2, 0.25) is 0 Å². The lowest BCUT2D eigenvalue weighted by Gasteiger charge is -2.39. The highest BCUT2D eigenvalue weighted by molar-refractivity contribution is 4.74. The molecule has 0 aromatic heterocycles. The molecule has 6 heteroatoms. The fourth-order valence-electron chi connectivity index (χ4n) is 4.32. The van der Waals surface area contributed by atoms with Gasteiger partial charge < -0.3 is 23.7 Å². The summed E-state index contributed by atoms with van der Waals surface area (Å²) >= 11 is 0. The Hall–Kier alpha value is -0.240. The Labute approximate surface area is 206 Å². The Kier molecular flexibility index (Phi) is 23.3. The van der Waals surface area contributed by atoms with E-state index in [1.807, 2.05) is 34.6 Å². The van der Waals surface area contributed by atoms with E-state index in [4.69, 9.17) is 23.7 Å². The van der Waals surface area contributed by atoms with Crippen LogP contribution in [0, 0.1) is 5.92 Å². The molecule has 0 amide bonds. The summed E-state index contributed by atoms with van der Waals surface area (Å²) in [7, 11) is 0. The number of nitrogens with zero attached hydrogens (tertiary/aromatic N) is 1. The van der Waals surface area contributed by atoms with Crippen molar-refractivity contribution in [2.75, 3.05) is 65.9 Å². The molecule has 0 radical (unpaired) electrons. The maximum atomic E-state index is 6.19. The van der Waals surface area contributed by atoms with Gasteiger partial charge in [0.1, 0.15) is 0 Å². The van der Waals surface area contributed by atoms with E-state index < -0.39 is 5.97 Å². The Morgan fingerprint density at radius 1 is 0.545 bits per heavy atom. The number of hydrogen-bond acceptors (Lipinski definition) is 6. The van der Waals surface area contributed by atoms with Crippen LogP contribution >= 0.6 is 0 Å². The number of ether oxygens (including phenoxy) is 5. The van der Waals surface area contributed by atoms with Crippen LogP contribution in [0.25, 0.3) is 0 Å². The second-order valence-corrected chi connectivity index (χ2v) is 8.53. The SMILES string of the molecule is CCCCCCCCC(CCCN(CCOCC)CCOCC)C(OCC)(OCC)OCC. The fraction of sp³-hybridized carbons (Fsp3) is 1.00. The van der Waals surface area contributed by atoms with Crippen molar-refractivity contribution in [2.24, 2.45) is 5.92 Å². The van der Waals surface area contributed by atoms with Crippen molar-refractivity contribution >= 4 is 0 Å². The molecule has 0 aromatic carbocycles. The van der Waals surface area contributed by atoms with E-state index >= 15 is 0 Å². The molecule has 0 spiro atoms. The summed E-state index contributed by atoms with van der Waals surface area (Å²) in [5.41, 5.74) is 0. The smallest absolute Gasteiger partial charge is 0.285 e. The van der Waals surface area contributed by atoms with Crippen molar-refractivity contribution in [3.05, 3.63) is 0 Å². The predicted octanol–water partition coefficient (Wildman–Crippen LogP) is 6.27. The molecule has 0 bridgehead atoms. The van der Waals surface area contributed by atoms with E-state index in [-0.39, 0.29) is 5.92 Å². The van der Waals surface area contributed by atoms with Crippen LogP contribution in [0.4, 0.5) is 0 Å². The van der Waals surface area contributed by atoms with E-state index in [9.17, 15) is 0 Å². The van der Waals surface area contributed by atoms with E-state index in [1.54, 1.807) is 0 Å². The topological polar surface area (TPSA) is 49.4 Å². The van der Waals surface area contributed by atoms with Gasteiger partial charge in [-0.05, 0) is 60.4 Å². The fourth-order valence-corrected chi connectivity index (χ4v) is 4.32. The summed E-state index contributed by atoms with van der Waals surface area (Å²) < 4.78 is 29.8. The standard InChI is InChI=1S/C27H57NO5/c1-7-13-14-15-16-17-19-26(27(31-10-4,32-11-5)33-12-6)20-18-21-28(22-24-29-8-2)23-25-30-9-3/h26H,7-25H2,1-6H3. The molecular weight excluding hydrogens is 418 g/mol. The van der Waals surface area contributed by atoms with Crippen LogP contribution in [-0.4, -0.2) is 76.8 Å². The quantitative estimate of drug-likeness (QED) is 0.108. The van der Waals surface area contributed by atoms with Crippen molar-refractivity contribution in [1.29, 1.82) is 0 Å². The molecule has 0 heterocycles. The molecule has 33 heavy (non-hydrogen) atoms. The molecule has 6 nitrogen and oxygen atoms in total. The summed E-state index contributed by atoms with van der Waals surface area (Å²) in [6.45, 7) is 20.2. The monoisotopic (exact) mass is 475 g/mol. The first-order chi connectivity index (χ1) is 16.1. The van der Waals surface area contributed by atoms with Gasteiger partial charge in [-0.25, -0.2) is 0 Å². The molecule has 0 saturated heterocycles. The van der Waals surface area contributed by atoms with Crippen molar-refractivity contribution in [3.8, 4) is 0 Å². The van der Waals surface area contributed by atoms with Gasteiger partial charge in [0.25, 0.3) is 5.97 Å². The van der Waals surface area contributed by atoms with E-state index in [0.29, 0.717) is 19.8 Å².